The average molecular weight is 235 g/mol. The molecule has 1 rings (SSSR count). The molecule has 4 heteroatoms. The minimum Gasteiger partial charge on any atom is -0.349 e. The second-order valence-electron chi connectivity index (χ2n) is 4.35. The summed E-state index contributed by atoms with van der Waals surface area (Å²) in [5, 5.41) is 3.39. The molecule has 1 atom stereocenters. The Bertz CT molecular complexity index is 338. The highest BCUT2D eigenvalue weighted by molar-refractivity contribution is 5.75. The van der Waals surface area contributed by atoms with Crippen LogP contribution in [-0.2, 0) is 4.79 Å². The Morgan fingerprint density at radius 2 is 2.06 bits per heavy atom. The summed E-state index contributed by atoms with van der Waals surface area (Å²) in [6.45, 7) is 2.96. The van der Waals surface area contributed by atoms with Gasteiger partial charge in [-0.1, -0.05) is 0 Å². The summed E-state index contributed by atoms with van der Waals surface area (Å²) in [7, 11) is 3.57. The maximum Gasteiger partial charge on any atom is 0.222 e. The van der Waals surface area contributed by atoms with E-state index in [4.69, 9.17) is 0 Å². The molecule has 0 saturated carbocycles. The molecule has 17 heavy (non-hydrogen) atoms. The molecule has 1 N–H and O–H groups in total. The molecular formula is C13H21N3O. The fourth-order valence-corrected chi connectivity index (χ4v) is 1.55. The van der Waals surface area contributed by atoms with E-state index in [9.17, 15) is 4.79 Å². The van der Waals surface area contributed by atoms with Crippen molar-refractivity contribution in [3.8, 4) is 0 Å². The van der Waals surface area contributed by atoms with Crippen molar-refractivity contribution < 1.29 is 4.79 Å². The molecule has 1 amide bonds. The highest BCUT2D eigenvalue weighted by Gasteiger charge is 2.05. The Kier molecular flexibility index (Phi) is 5.63. The highest BCUT2D eigenvalue weighted by Crippen LogP contribution is 2.09. The van der Waals surface area contributed by atoms with E-state index >= 15 is 0 Å². The van der Waals surface area contributed by atoms with Gasteiger partial charge in [0.1, 0.15) is 0 Å². The SMILES string of the molecule is C[C@H](NCCCC(=O)N(C)C)c1ccncc1. The van der Waals surface area contributed by atoms with Crippen molar-refractivity contribution in [2.45, 2.75) is 25.8 Å². The number of nitrogens with zero attached hydrogens (tertiary/aromatic N) is 2. The van der Waals surface area contributed by atoms with Crippen LogP contribution >= 0.6 is 0 Å². The van der Waals surface area contributed by atoms with Gasteiger partial charge in [-0.05, 0) is 37.6 Å². The van der Waals surface area contributed by atoms with Crippen LogP contribution in [0.5, 0.6) is 0 Å². The van der Waals surface area contributed by atoms with Crippen LogP contribution in [0.1, 0.15) is 31.4 Å². The van der Waals surface area contributed by atoms with E-state index in [1.807, 2.05) is 12.1 Å². The molecule has 0 fully saturated rings. The molecule has 0 saturated heterocycles. The van der Waals surface area contributed by atoms with Crippen LogP contribution in [0.4, 0.5) is 0 Å². The summed E-state index contributed by atoms with van der Waals surface area (Å²) in [6.07, 6.45) is 5.06. The van der Waals surface area contributed by atoms with Crippen molar-refractivity contribution in [1.82, 2.24) is 15.2 Å². The number of aromatic nitrogens is 1. The summed E-state index contributed by atoms with van der Waals surface area (Å²) in [4.78, 5) is 17.0. The van der Waals surface area contributed by atoms with Crippen LogP contribution in [0.2, 0.25) is 0 Å². The third-order valence-electron chi connectivity index (χ3n) is 2.72. The fourth-order valence-electron chi connectivity index (χ4n) is 1.55. The van der Waals surface area contributed by atoms with Crippen molar-refractivity contribution in [2.75, 3.05) is 20.6 Å². The van der Waals surface area contributed by atoms with Crippen LogP contribution in [0.15, 0.2) is 24.5 Å². The third-order valence-corrected chi connectivity index (χ3v) is 2.72. The number of amides is 1. The largest absolute Gasteiger partial charge is 0.349 e. The van der Waals surface area contributed by atoms with Crippen molar-refractivity contribution in [3.63, 3.8) is 0 Å². The van der Waals surface area contributed by atoms with E-state index in [2.05, 4.69) is 17.2 Å². The van der Waals surface area contributed by atoms with Gasteiger partial charge in [-0.25, -0.2) is 0 Å². The highest BCUT2D eigenvalue weighted by atomic mass is 16.2. The van der Waals surface area contributed by atoms with E-state index in [0.29, 0.717) is 12.5 Å². The molecule has 94 valence electrons. The maximum absolute atomic E-state index is 11.3. The maximum atomic E-state index is 11.3. The lowest BCUT2D eigenvalue weighted by Crippen LogP contribution is -2.24. The number of carbonyl (C=O) groups is 1. The van der Waals surface area contributed by atoms with Crippen LogP contribution in [-0.4, -0.2) is 36.4 Å². The molecule has 0 unspecified atom stereocenters. The standard InChI is InChI=1S/C13H21N3O/c1-11(12-6-9-14-10-7-12)15-8-4-5-13(17)16(2)3/h6-7,9-11,15H,4-5,8H2,1-3H3/t11-/m0/s1. The van der Waals surface area contributed by atoms with Gasteiger partial charge in [0.2, 0.25) is 5.91 Å². The molecule has 1 aromatic rings. The van der Waals surface area contributed by atoms with Gasteiger partial charge in [-0.3, -0.25) is 9.78 Å². The Labute approximate surface area is 103 Å². The topological polar surface area (TPSA) is 45.2 Å². The number of hydrogen-bond acceptors (Lipinski definition) is 3. The predicted octanol–water partition coefficient (Wildman–Crippen LogP) is 1.60. The van der Waals surface area contributed by atoms with Gasteiger partial charge in [0.25, 0.3) is 0 Å². The van der Waals surface area contributed by atoms with Gasteiger partial charge in [0.15, 0.2) is 0 Å². The van der Waals surface area contributed by atoms with E-state index in [0.717, 1.165) is 13.0 Å². The van der Waals surface area contributed by atoms with Gasteiger partial charge in [-0.15, -0.1) is 0 Å². The summed E-state index contributed by atoms with van der Waals surface area (Å²) in [5.41, 5.74) is 1.22. The quantitative estimate of drug-likeness (QED) is 0.762. The zero-order valence-electron chi connectivity index (χ0n) is 10.8. The first-order valence-corrected chi connectivity index (χ1v) is 5.94. The van der Waals surface area contributed by atoms with E-state index in [1.54, 1.807) is 31.4 Å². The number of carbonyl (C=O) groups excluding carboxylic acids is 1. The Hall–Kier alpha value is -1.42. The van der Waals surface area contributed by atoms with Gasteiger partial charge in [0, 0.05) is 39.0 Å². The van der Waals surface area contributed by atoms with E-state index in [-0.39, 0.29) is 5.91 Å². The minimum absolute atomic E-state index is 0.184. The van der Waals surface area contributed by atoms with Gasteiger partial charge < -0.3 is 10.2 Å². The lowest BCUT2D eigenvalue weighted by molar-refractivity contribution is -0.128. The molecule has 0 radical (unpaired) electrons. The number of hydrogen-bond donors (Lipinski definition) is 1. The Balaban J connectivity index is 2.21. The molecule has 0 aliphatic carbocycles. The first kappa shape index (κ1) is 13.6. The number of pyridine rings is 1. The summed E-state index contributed by atoms with van der Waals surface area (Å²) in [6, 6.07) is 4.30. The van der Waals surface area contributed by atoms with Crippen LogP contribution in [0.3, 0.4) is 0 Å². The molecule has 1 aromatic heterocycles. The zero-order valence-corrected chi connectivity index (χ0v) is 10.8. The lowest BCUT2D eigenvalue weighted by atomic mass is 10.1. The summed E-state index contributed by atoms with van der Waals surface area (Å²) < 4.78 is 0. The minimum atomic E-state index is 0.184. The molecule has 0 bridgehead atoms. The second-order valence-corrected chi connectivity index (χ2v) is 4.35. The first-order valence-electron chi connectivity index (χ1n) is 5.94. The molecule has 1 heterocycles. The van der Waals surface area contributed by atoms with Crippen molar-refractivity contribution in [2.24, 2.45) is 0 Å². The predicted molar refractivity (Wildman–Crippen MR) is 68.6 cm³/mol. The van der Waals surface area contributed by atoms with Gasteiger partial charge >= 0.3 is 0 Å². The van der Waals surface area contributed by atoms with Gasteiger partial charge in [-0.2, -0.15) is 0 Å². The fraction of sp³-hybridized carbons (Fsp3) is 0.538. The van der Waals surface area contributed by atoms with Crippen molar-refractivity contribution in [3.05, 3.63) is 30.1 Å². The normalized spacial score (nSPS) is 12.2. The lowest BCUT2D eigenvalue weighted by Gasteiger charge is -2.14. The van der Waals surface area contributed by atoms with Gasteiger partial charge in [0.05, 0.1) is 0 Å². The van der Waals surface area contributed by atoms with Crippen LogP contribution in [0.25, 0.3) is 0 Å². The van der Waals surface area contributed by atoms with Crippen LogP contribution in [0, 0.1) is 0 Å². The van der Waals surface area contributed by atoms with E-state index < -0.39 is 0 Å². The Morgan fingerprint density at radius 1 is 1.41 bits per heavy atom. The molecule has 0 aliphatic heterocycles. The summed E-state index contributed by atoms with van der Waals surface area (Å²) >= 11 is 0. The molecule has 4 nitrogen and oxygen atoms in total. The molecular weight excluding hydrogens is 214 g/mol. The summed E-state index contributed by atoms with van der Waals surface area (Å²) in [5.74, 6) is 0.184. The molecule has 0 spiro atoms. The van der Waals surface area contributed by atoms with Crippen LogP contribution < -0.4 is 5.32 Å². The third kappa shape index (κ3) is 4.95. The number of nitrogens with one attached hydrogen (secondary N) is 1. The van der Waals surface area contributed by atoms with Crippen molar-refractivity contribution in [1.29, 1.82) is 0 Å². The number of rotatable bonds is 6. The monoisotopic (exact) mass is 235 g/mol. The second kappa shape index (κ2) is 7.01. The molecule has 0 aliphatic rings. The average Bonchev–Trinajstić information content (AvgIpc) is 2.35. The van der Waals surface area contributed by atoms with Crippen molar-refractivity contribution >= 4 is 5.91 Å². The first-order chi connectivity index (χ1) is 8.11. The van der Waals surface area contributed by atoms with E-state index in [1.165, 1.54) is 5.56 Å². The smallest absolute Gasteiger partial charge is 0.222 e. The zero-order chi connectivity index (χ0) is 12.7. The Morgan fingerprint density at radius 3 is 2.65 bits per heavy atom. The molecule has 0 aromatic carbocycles.